The lowest BCUT2D eigenvalue weighted by Gasteiger charge is -2.34. The Kier molecular flexibility index (Phi) is 6.74. The van der Waals surface area contributed by atoms with Gasteiger partial charge in [0, 0.05) is 43.1 Å². The Morgan fingerprint density at radius 2 is 1.97 bits per heavy atom. The highest BCUT2D eigenvalue weighted by atomic mass is 32.1. The number of rotatable bonds is 8. The summed E-state index contributed by atoms with van der Waals surface area (Å²) in [5.74, 6) is 0.600. The first kappa shape index (κ1) is 20.3. The van der Waals surface area contributed by atoms with Crippen molar-refractivity contribution in [1.29, 1.82) is 0 Å². The van der Waals surface area contributed by atoms with Gasteiger partial charge in [-0.2, -0.15) is 0 Å². The van der Waals surface area contributed by atoms with Crippen LogP contribution in [0.15, 0.2) is 54.2 Å². The highest BCUT2D eigenvalue weighted by molar-refractivity contribution is 7.12. The van der Waals surface area contributed by atoms with Crippen LogP contribution in [0.2, 0.25) is 0 Å². The molecule has 1 aliphatic rings. The molecule has 0 atom stereocenters. The Balaban J connectivity index is 1.21. The van der Waals surface area contributed by atoms with Crippen molar-refractivity contribution < 1.29 is 4.39 Å². The number of aromatic nitrogens is 2. The van der Waals surface area contributed by atoms with Gasteiger partial charge in [0.05, 0.1) is 0 Å². The summed E-state index contributed by atoms with van der Waals surface area (Å²) >= 11 is 1.67. The van der Waals surface area contributed by atoms with E-state index in [-0.39, 0.29) is 5.82 Å². The average molecular weight is 413 g/mol. The first-order valence-corrected chi connectivity index (χ1v) is 11.3. The molecule has 0 aliphatic carbocycles. The van der Waals surface area contributed by atoms with Gasteiger partial charge in [-0.25, -0.2) is 9.37 Å². The van der Waals surface area contributed by atoms with Crippen molar-refractivity contribution in [3.63, 3.8) is 0 Å². The minimum absolute atomic E-state index is 0.155. The molecule has 1 saturated heterocycles. The Bertz CT molecular complexity index is 867. The number of nitrogens with zero attached hydrogens (tertiary/aromatic N) is 4. The van der Waals surface area contributed by atoms with E-state index >= 15 is 0 Å². The van der Waals surface area contributed by atoms with E-state index in [9.17, 15) is 4.39 Å². The molecule has 1 aromatic carbocycles. The molecule has 29 heavy (non-hydrogen) atoms. The maximum absolute atomic E-state index is 13.0. The first-order valence-electron chi connectivity index (χ1n) is 10.4. The number of halogens is 1. The number of thiazole rings is 1. The fourth-order valence-corrected chi connectivity index (χ4v) is 4.84. The molecule has 0 saturated carbocycles. The van der Waals surface area contributed by atoms with Crippen molar-refractivity contribution >= 4 is 11.3 Å². The molecule has 4 rings (SSSR count). The third kappa shape index (κ3) is 5.53. The van der Waals surface area contributed by atoms with Gasteiger partial charge in [-0.3, -0.25) is 4.57 Å². The molecule has 154 valence electrons. The summed E-state index contributed by atoms with van der Waals surface area (Å²) in [5.41, 5.74) is 2.51. The molecule has 0 amide bonds. The number of hydrogen-bond donors (Lipinski definition) is 0. The highest BCUT2D eigenvalue weighted by Crippen LogP contribution is 2.21. The van der Waals surface area contributed by atoms with E-state index in [1.807, 2.05) is 23.7 Å². The summed E-state index contributed by atoms with van der Waals surface area (Å²) in [6.07, 6.45) is 7.46. The molecular weight excluding hydrogens is 383 g/mol. The third-order valence-electron chi connectivity index (χ3n) is 5.80. The number of likely N-dealkylation sites (tertiary alicyclic amines) is 1. The summed E-state index contributed by atoms with van der Waals surface area (Å²) in [7, 11) is 2.22. The van der Waals surface area contributed by atoms with Gasteiger partial charge in [0.25, 0.3) is 0 Å². The van der Waals surface area contributed by atoms with Crippen molar-refractivity contribution in [2.75, 3.05) is 33.2 Å². The maximum atomic E-state index is 13.0. The van der Waals surface area contributed by atoms with Crippen LogP contribution in [0.4, 0.5) is 4.39 Å². The van der Waals surface area contributed by atoms with E-state index < -0.39 is 0 Å². The number of hydrogen-bond acceptors (Lipinski definition) is 4. The molecular formula is C23H29FN4S. The summed E-state index contributed by atoms with van der Waals surface area (Å²) in [6.45, 7) is 5.46. The zero-order valence-corrected chi connectivity index (χ0v) is 17.8. The van der Waals surface area contributed by atoms with Crippen molar-refractivity contribution in [2.24, 2.45) is 5.92 Å². The monoisotopic (exact) mass is 412 g/mol. The minimum atomic E-state index is -0.155. The lowest BCUT2D eigenvalue weighted by molar-refractivity contribution is 0.152. The van der Waals surface area contributed by atoms with Crippen molar-refractivity contribution in [3.8, 4) is 5.13 Å². The fraction of sp³-hybridized carbons (Fsp3) is 0.435. The van der Waals surface area contributed by atoms with Gasteiger partial charge in [-0.1, -0.05) is 12.1 Å². The summed E-state index contributed by atoms with van der Waals surface area (Å²) in [5, 5.41) is 3.06. The Morgan fingerprint density at radius 1 is 1.17 bits per heavy atom. The molecule has 0 spiro atoms. The van der Waals surface area contributed by atoms with E-state index in [0.29, 0.717) is 0 Å². The maximum Gasteiger partial charge on any atom is 0.193 e. The molecule has 0 unspecified atom stereocenters. The molecule has 3 heterocycles. The highest BCUT2D eigenvalue weighted by Gasteiger charge is 2.20. The van der Waals surface area contributed by atoms with Gasteiger partial charge < -0.3 is 9.80 Å². The second-order valence-corrected chi connectivity index (χ2v) is 8.92. The first-order chi connectivity index (χ1) is 14.2. The Labute approximate surface area is 176 Å². The molecule has 0 N–H and O–H groups in total. The third-order valence-corrected chi connectivity index (χ3v) is 6.57. The lowest BCUT2D eigenvalue weighted by Crippen LogP contribution is -2.38. The Morgan fingerprint density at radius 3 is 2.69 bits per heavy atom. The predicted octanol–water partition coefficient (Wildman–Crippen LogP) is 4.46. The molecule has 0 radical (unpaired) electrons. The van der Waals surface area contributed by atoms with Gasteiger partial charge in [-0.05, 0) is 75.1 Å². The molecule has 3 aromatic rings. The normalized spacial score (nSPS) is 16.0. The lowest BCUT2D eigenvalue weighted by atomic mass is 9.96. The van der Waals surface area contributed by atoms with E-state index in [1.165, 1.54) is 24.1 Å². The molecule has 6 heteroatoms. The summed E-state index contributed by atoms with van der Waals surface area (Å²) < 4.78 is 15.2. The quantitative estimate of drug-likeness (QED) is 0.546. The van der Waals surface area contributed by atoms with Crippen LogP contribution in [0.5, 0.6) is 0 Å². The van der Waals surface area contributed by atoms with Crippen LogP contribution in [-0.2, 0) is 13.0 Å². The fourth-order valence-electron chi connectivity index (χ4n) is 4.18. The van der Waals surface area contributed by atoms with Gasteiger partial charge in [-0.15, -0.1) is 11.3 Å². The Hall–Kier alpha value is -2.02. The molecule has 0 bridgehead atoms. The largest absolute Gasteiger partial charge is 0.303 e. The van der Waals surface area contributed by atoms with Crippen LogP contribution < -0.4 is 0 Å². The molecule has 1 fully saturated rings. The smallest absolute Gasteiger partial charge is 0.193 e. The summed E-state index contributed by atoms with van der Waals surface area (Å²) in [6, 6.07) is 11.2. The average Bonchev–Trinajstić information content (AvgIpc) is 3.40. The van der Waals surface area contributed by atoms with E-state index in [0.717, 1.165) is 50.2 Å². The van der Waals surface area contributed by atoms with Crippen LogP contribution in [0.3, 0.4) is 0 Å². The van der Waals surface area contributed by atoms with Crippen LogP contribution in [0, 0.1) is 11.7 Å². The summed E-state index contributed by atoms with van der Waals surface area (Å²) in [4.78, 5) is 9.42. The van der Waals surface area contributed by atoms with Crippen LogP contribution in [0.25, 0.3) is 5.13 Å². The van der Waals surface area contributed by atoms with Gasteiger partial charge >= 0.3 is 0 Å². The van der Waals surface area contributed by atoms with Crippen LogP contribution in [0.1, 0.15) is 24.1 Å². The zero-order valence-electron chi connectivity index (χ0n) is 17.0. The predicted molar refractivity (Wildman–Crippen MR) is 117 cm³/mol. The van der Waals surface area contributed by atoms with Gasteiger partial charge in [0.2, 0.25) is 0 Å². The zero-order chi connectivity index (χ0) is 20.1. The second-order valence-electron chi connectivity index (χ2n) is 8.04. The van der Waals surface area contributed by atoms with Crippen molar-refractivity contribution in [3.05, 3.63) is 71.2 Å². The SMILES string of the molecule is CN(Cc1cccn1-c1nccs1)CC1CCN(CCc2ccc(F)cc2)CC1. The van der Waals surface area contributed by atoms with Gasteiger partial charge in [0.1, 0.15) is 5.82 Å². The molecule has 1 aliphatic heterocycles. The second kappa shape index (κ2) is 9.65. The van der Waals surface area contributed by atoms with Crippen LogP contribution >= 0.6 is 11.3 Å². The van der Waals surface area contributed by atoms with E-state index in [2.05, 4.69) is 44.7 Å². The van der Waals surface area contributed by atoms with Crippen molar-refractivity contribution in [2.45, 2.75) is 25.8 Å². The van der Waals surface area contributed by atoms with Crippen LogP contribution in [-0.4, -0.2) is 52.6 Å². The molecule has 4 nitrogen and oxygen atoms in total. The van der Waals surface area contributed by atoms with Crippen molar-refractivity contribution in [1.82, 2.24) is 19.4 Å². The topological polar surface area (TPSA) is 24.3 Å². The number of benzene rings is 1. The number of piperidine rings is 1. The standard InChI is InChI=1S/C23H29FN4S/c1-26(18-22-3-2-12-28(22)23-25-11-16-29-23)17-20-9-14-27(15-10-20)13-8-19-4-6-21(24)7-5-19/h2-7,11-12,16,20H,8-10,13-15,17-18H2,1H3. The van der Waals surface area contributed by atoms with E-state index in [4.69, 9.17) is 0 Å². The molecule has 2 aromatic heterocycles. The van der Waals surface area contributed by atoms with E-state index in [1.54, 1.807) is 23.5 Å². The minimum Gasteiger partial charge on any atom is -0.303 e. The van der Waals surface area contributed by atoms with Gasteiger partial charge in [0.15, 0.2) is 5.13 Å².